The monoisotopic (exact) mass is 272 g/mol. The molecule has 0 saturated carbocycles. The molecule has 0 spiro atoms. The van der Waals surface area contributed by atoms with Crippen LogP contribution in [-0.2, 0) is 12.8 Å². The number of thioether (sulfide) groups is 1. The molecular formula is C11H10Cl2N2S. The van der Waals surface area contributed by atoms with Crippen molar-refractivity contribution in [1.29, 1.82) is 0 Å². The Hall–Kier alpha value is -0.640. The van der Waals surface area contributed by atoms with E-state index in [1.807, 2.05) is 35.9 Å². The smallest absolute Gasteiger partial charge is 0.128 e. The lowest BCUT2D eigenvalue weighted by Crippen LogP contribution is -1.95. The molecule has 0 amide bonds. The third-order valence-electron chi connectivity index (χ3n) is 2.21. The van der Waals surface area contributed by atoms with E-state index in [1.165, 1.54) is 4.90 Å². The van der Waals surface area contributed by atoms with Gasteiger partial charge in [-0.3, -0.25) is 0 Å². The van der Waals surface area contributed by atoms with E-state index >= 15 is 0 Å². The summed E-state index contributed by atoms with van der Waals surface area (Å²) in [7, 11) is 1.91. The quantitative estimate of drug-likeness (QED) is 0.786. The number of aromatic nitrogens is 2. The summed E-state index contributed by atoms with van der Waals surface area (Å²) in [6.07, 6.45) is 1.67. The lowest BCUT2D eigenvalue weighted by Gasteiger charge is -2.02. The second-order valence-corrected chi connectivity index (χ2v) is 5.17. The first-order chi connectivity index (χ1) is 7.66. The Morgan fingerprint density at radius 1 is 1.25 bits per heavy atom. The Balaban J connectivity index is 2.02. The zero-order chi connectivity index (χ0) is 11.5. The van der Waals surface area contributed by atoms with Gasteiger partial charge >= 0.3 is 0 Å². The normalized spacial score (nSPS) is 10.7. The van der Waals surface area contributed by atoms with E-state index in [4.69, 9.17) is 23.2 Å². The van der Waals surface area contributed by atoms with Crippen LogP contribution in [0.2, 0.25) is 10.2 Å². The van der Waals surface area contributed by atoms with Gasteiger partial charge in [0.15, 0.2) is 0 Å². The zero-order valence-electron chi connectivity index (χ0n) is 8.65. The standard InChI is InChI=1S/C11H10Cl2N2S/c1-15-10(13)6-14-11(15)7-16-9-4-2-8(12)3-5-9/h2-6H,7H2,1H3. The molecule has 0 aliphatic heterocycles. The Bertz CT molecular complexity index is 479. The summed E-state index contributed by atoms with van der Waals surface area (Å²) in [5, 5.41) is 1.41. The molecule has 1 heterocycles. The summed E-state index contributed by atoms with van der Waals surface area (Å²) >= 11 is 13.4. The maximum Gasteiger partial charge on any atom is 0.128 e. The minimum Gasteiger partial charge on any atom is -0.322 e. The van der Waals surface area contributed by atoms with Crippen molar-refractivity contribution in [3.05, 3.63) is 46.5 Å². The van der Waals surface area contributed by atoms with E-state index in [1.54, 1.807) is 18.0 Å². The van der Waals surface area contributed by atoms with Crippen LogP contribution in [0.5, 0.6) is 0 Å². The maximum absolute atomic E-state index is 5.91. The van der Waals surface area contributed by atoms with E-state index in [-0.39, 0.29) is 0 Å². The van der Waals surface area contributed by atoms with Gasteiger partial charge in [0.25, 0.3) is 0 Å². The van der Waals surface area contributed by atoms with Crippen LogP contribution in [0.25, 0.3) is 0 Å². The second-order valence-electron chi connectivity index (χ2n) is 3.30. The van der Waals surface area contributed by atoms with Gasteiger partial charge in [-0.15, -0.1) is 11.8 Å². The lowest BCUT2D eigenvalue weighted by molar-refractivity contribution is 0.850. The van der Waals surface area contributed by atoms with Gasteiger partial charge in [-0.05, 0) is 24.3 Å². The Morgan fingerprint density at radius 2 is 1.94 bits per heavy atom. The van der Waals surface area contributed by atoms with Crippen LogP contribution in [0.15, 0.2) is 35.4 Å². The van der Waals surface area contributed by atoms with E-state index in [0.717, 1.165) is 16.6 Å². The highest BCUT2D eigenvalue weighted by Gasteiger charge is 2.04. The molecule has 0 aliphatic rings. The molecule has 2 aromatic rings. The molecule has 0 aliphatic carbocycles. The first-order valence-corrected chi connectivity index (χ1v) is 6.45. The summed E-state index contributed by atoms with van der Waals surface area (Å²) in [4.78, 5) is 5.40. The molecule has 2 rings (SSSR count). The molecule has 2 nitrogen and oxygen atoms in total. The van der Waals surface area contributed by atoms with Gasteiger partial charge < -0.3 is 4.57 Å². The molecule has 0 radical (unpaired) electrons. The van der Waals surface area contributed by atoms with Gasteiger partial charge in [-0.2, -0.15) is 0 Å². The number of hydrogen-bond donors (Lipinski definition) is 0. The van der Waals surface area contributed by atoms with Gasteiger partial charge in [-0.25, -0.2) is 4.98 Å². The molecule has 84 valence electrons. The fraction of sp³-hybridized carbons (Fsp3) is 0.182. The predicted octanol–water partition coefficient (Wildman–Crippen LogP) is 4.02. The number of rotatable bonds is 3. The Labute approximate surface area is 109 Å². The average Bonchev–Trinajstić information content (AvgIpc) is 2.60. The van der Waals surface area contributed by atoms with Crippen molar-refractivity contribution in [3.8, 4) is 0 Å². The highest BCUT2D eigenvalue weighted by molar-refractivity contribution is 7.98. The first kappa shape index (κ1) is 11.8. The number of halogens is 2. The summed E-state index contributed by atoms with van der Waals surface area (Å²) in [6, 6.07) is 7.76. The lowest BCUT2D eigenvalue weighted by atomic mass is 10.4. The highest BCUT2D eigenvalue weighted by Crippen LogP contribution is 2.24. The van der Waals surface area contributed by atoms with Crippen LogP contribution in [0.3, 0.4) is 0 Å². The second kappa shape index (κ2) is 5.13. The van der Waals surface area contributed by atoms with E-state index in [0.29, 0.717) is 5.15 Å². The minimum atomic E-state index is 0.659. The predicted molar refractivity (Wildman–Crippen MR) is 69.2 cm³/mol. The van der Waals surface area contributed by atoms with Crippen molar-refractivity contribution >= 4 is 35.0 Å². The van der Waals surface area contributed by atoms with Gasteiger partial charge in [0, 0.05) is 17.0 Å². The molecule has 0 bridgehead atoms. The number of hydrogen-bond acceptors (Lipinski definition) is 2. The fourth-order valence-corrected chi connectivity index (χ4v) is 2.40. The average molecular weight is 273 g/mol. The molecule has 16 heavy (non-hydrogen) atoms. The summed E-state index contributed by atoms with van der Waals surface area (Å²) in [6.45, 7) is 0. The number of nitrogens with zero attached hydrogens (tertiary/aromatic N) is 2. The molecule has 0 atom stereocenters. The van der Waals surface area contributed by atoms with Gasteiger partial charge in [-0.1, -0.05) is 23.2 Å². The summed E-state index contributed by atoms with van der Waals surface area (Å²) < 4.78 is 1.88. The van der Waals surface area contributed by atoms with Crippen molar-refractivity contribution in [3.63, 3.8) is 0 Å². The number of benzene rings is 1. The topological polar surface area (TPSA) is 17.8 Å². The van der Waals surface area contributed by atoms with Gasteiger partial charge in [0.2, 0.25) is 0 Å². The van der Waals surface area contributed by atoms with Crippen LogP contribution in [-0.4, -0.2) is 9.55 Å². The van der Waals surface area contributed by atoms with Crippen molar-refractivity contribution in [1.82, 2.24) is 9.55 Å². The van der Waals surface area contributed by atoms with Crippen LogP contribution in [0.1, 0.15) is 5.82 Å². The van der Waals surface area contributed by atoms with E-state index in [9.17, 15) is 0 Å². The molecule has 1 aromatic carbocycles. The zero-order valence-corrected chi connectivity index (χ0v) is 11.0. The Kier molecular flexibility index (Phi) is 3.79. The highest BCUT2D eigenvalue weighted by atomic mass is 35.5. The van der Waals surface area contributed by atoms with E-state index in [2.05, 4.69) is 4.98 Å². The van der Waals surface area contributed by atoms with Crippen LogP contribution >= 0.6 is 35.0 Å². The Morgan fingerprint density at radius 3 is 2.50 bits per heavy atom. The van der Waals surface area contributed by atoms with Crippen LogP contribution in [0.4, 0.5) is 0 Å². The summed E-state index contributed by atoms with van der Waals surface area (Å²) in [5.41, 5.74) is 0. The van der Waals surface area contributed by atoms with Crippen LogP contribution < -0.4 is 0 Å². The van der Waals surface area contributed by atoms with Gasteiger partial charge in [0.1, 0.15) is 11.0 Å². The SMILES string of the molecule is Cn1c(Cl)cnc1CSc1ccc(Cl)cc1. The maximum atomic E-state index is 5.91. The largest absolute Gasteiger partial charge is 0.322 e. The molecule has 0 saturated heterocycles. The molecular weight excluding hydrogens is 263 g/mol. The van der Waals surface area contributed by atoms with Crippen LogP contribution in [0, 0.1) is 0 Å². The van der Waals surface area contributed by atoms with Gasteiger partial charge in [0.05, 0.1) is 11.9 Å². The fourth-order valence-electron chi connectivity index (χ4n) is 1.24. The van der Waals surface area contributed by atoms with Crippen molar-refractivity contribution in [2.24, 2.45) is 7.05 Å². The molecule has 1 aromatic heterocycles. The van der Waals surface area contributed by atoms with Crippen molar-refractivity contribution < 1.29 is 0 Å². The molecule has 0 fully saturated rings. The molecule has 0 unspecified atom stereocenters. The minimum absolute atomic E-state index is 0.659. The summed E-state index contributed by atoms with van der Waals surface area (Å²) in [5.74, 6) is 1.76. The third kappa shape index (κ3) is 2.73. The van der Waals surface area contributed by atoms with Crippen molar-refractivity contribution in [2.45, 2.75) is 10.6 Å². The number of imidazole rings is 1. The van der Waals surface area contributed by atoms with E-state index < -0.39 is 0 Å². The third-order valence-corrected chi connectivity index (χ3v) is 3.82. The van der Waals surface area contributed by atoms with Crippen molar-refractivity contribution in [2.75, 3.05) is 0 Å². The molecule has 0 N–H and O–H groups in total. The molecule has 5 heteroatoms. The first-order valence-electron chi connectivity index (χ1n) is 4.71.